The zero-order valence-electron chi connectivity index (χ0n) is 10.00. The first kappa shape index (κ1) is 12.7. The molecule has 18 heavy (non-hydrogen) atoms. The van der Waals surface area contributed by atoms with Gasteiger partial charge < -0.3 is 5.73 Å². The van der Waals surface area contributed by atoms with E-state index in [1.54, 1.807) is 6.07 Å². The van der Waals surface area contributed by atoms with E-state index in [2.05, 4.69) is 0 Å². The summed E-state index contributed by atoms with van der Waals surface area (Å²) in [7, 11) is 0. The number of hydrogen-bond acceptors (Lipinski definition) is 1. The van der Waals surface area contributed by atoms with Crippen LogP contribution in [0.1, 0.15) is 12.0 Å². The number of hydrogen-bond donors (Lipinski definition) is 1. The fourth-order valence-electron chi connectivity index (χ4n) is 1.89. The topological polar surface area (TPSA) is 26.0 Å². The van der Waals surface area contributed by atoms with Crippen molar-refractivity contribution in [3.05, 3.63) is 59.7 Å². The Labute approximate surface area is 105 Å². The first-order chi connectivity index (χ1) is 8.70. The molecule has 94 valence electrons. The molecule has 2 N–H and O–H groups in total. The highest BCUT2D eigenvalue weighted by atomic mass is 19.2. The third kappa shape index (κ3) is 2.93. The van der Waals surface area contributed by atoms with Gasteiger partial charge in [-0.2, -0.15) is 0 Å². The highest BCUT2D eigenvalue weighted by Gasteiger charge is 2.05. The first-order valence-electron chi connectivity index (χ1n) is 5.95. The minimum atomic E-state index is -0.821. The monoisotopic (exact) mass is 247 g/mol. The molecule has 0 saturated carbocycles. The van der Waals surface area contributed by atoms with Crippen molar-refractivity contribution in [2.75, 3.05) is 6.54 Å². The normalized spacial score (nSPS) is 10.6. The second-order valence-electron chi connectivity index (χ2n) is 4.22. The molecule has 0 radical (unpaired) electrons. The fourth-order valence-corrected chi connectivity index (χ4v) is 1.89. The summed E-state index contributed by atoms with van der Waals surface area (Å²) >= 11 is 0. The van der Waals surface area contributed by atoms with E-state index in [1.807, 2.05) is 24.3 Å². The van der Waals surface area contributed by atoms with Crippen LogP contribution >= 0.6 is 0 Å². The van der Waals surface area contributed by atoms with Crippen molar-refractivity contribution in [3.63, 3.8) is 0 Å². The second-order valence-corrected chi connectivity index (χ2v) is 4.22. The molecule has 0 heterocycles. The summed E-state index contributed by atoms with van der Waals surface area (Å²) < 4.78 is 26.0. The lowest BCUT2D eigenvalue weighted by Gasteiger charge is -2.06. The number of nitrogens with two attached hydrogens (primary N) is 1. The third-order valence-electron chi connectivity index (χ3n) is 2.85. The van der Waals surface area contributed by atoms with Gasteiger partial charge in [-0.25, -0.2) is 8.78 Å². The molecule has 0 aliphatic heterocycles. The van der Waals surface area contributed by atoms with E-state index in [9.17, 15) is 8.78 Å². The molecule has 3 heteroatoms. The SMILES string of the molecule is NCCCc1cccc(-c2ccc(F)c(F)c2)c1. The van der Waals surface area contributed by atoms with Crippen molar-refractivity contribution in [3.8, 4) is 11.1 Å². The van der Waals surface area contributed by atoms with Gasteiger partial charge in [0.2, 0.25) is 0 Å². The van der Waals surface area contributed by atoms with Crippen molar-refractivity contribution in [1.82, 2.24) is 0 Å². The Morgan fingerprint density at radius 2 is 1.67 bits per heavy atom. The van der Waals surface area contributed by atoms with Crippen LogP contribution in [0, 0.1) is 11.6 Å². The van der Waals surface area contributed by atoms with Gasteiger partial charge >= 0.3 is 0 Å². The van der Waals surface area contributed by atoms with E-state index in [-0.39, 0.29) is 0 Å². The Bertz CT molecular complexity index is 538. The summed E-state index contributed by atoms with van der Waals surface area (Å²) in [5.74, 6) is -1.64. The fraction of sp³-hybridized carbons (Fsp3) is 0.200. The molecule has 0 aliphatic rings. The number of rotatable bonds is 4. The summed E-state index contributed by atoms with van der Waals surface area (Å²) in [6.45, 7) is 0.648. The maximum absolute atomic E-state index is 13.2. The summed E-state index contributed by atoms with van der Waals surface area (Å²) in [6.07, 6.45) is 1.81. The van der Waals surface area contributed by atoms with E-state index in [1.165, 1.54) is 6.07 Å². The molecule has 0 unspecified atom stereocenters. The van der Waals surface area contributed by atoms with Gasteiger partial charge in [0.25, 0.3) is 0 Å². The van der Waals surface area contributed by atoms with Gasteiger partial charge in [0.05, 0.1) is 0 Å². The predicted molar refractivity (Wildman–Crippen MR) is 69.2 cm³/mol. The Hall–Kier alpha value is -1.74. The largest absolute Gasteiger partial charge is 0.330 e. The number of benzene rings is 2. The second kappa shape index (κ2) is 5.74. The highest BCUT2D eigenvalue weighted by molar-refractivity contribution is 5.64. The predicted octanol–water partition coefficient (Wildman–Crippen LogP) is 3.52. The summed E-state index contributed by atoms with van der Waals surface area (Å²) in [4.78, 5) is 0. The van der Waals surface area contributed by atoms with Crippen LogP contribution in [0.2, 0.25) is 0 Å². The molecule has 0 aliphatic carbocycles. The van der Waals surface area contributed by atoms with Crippen LogP contribution in [0.4, 0.5) is 8.78 Å². The summed E-state index contributed by atoms with van der Waals surface area (Å²) in [5, 5.41) is 0. The molecule has 0 fully saturated rings. The van der Waals surface area contributed by atoms with Crippen LogP contribution in [-0.4, -0.2) is 6.54 Å². The van der Waals surface area contributed by atoms with Crippen LogP contribution in [-0.2, 0) is 6.42 Å². The van der Waals surface area contributed by atoms with Crippen LogP contribution in [0.25, 0.3) is 11.1 Å². The van der Waals surface area contributed by atoms with Gasteiger partial charge in [0.1, 0.15) is 0 Å². The molecule has 0 atom stereocenters. The molecule has 0 bridgehead atoms. The van der Waals surface area contributed by atoms with Crippen molar-refractivity contribution >= 4 is 0 Å². The quantitative estimate of drug-likeness (QED) is 0.878. The molecule has 0 saturated heterocycles. The van der Waals surface area contributed by atoms with Gasteiger partial charge in [-0.1, -0.05) is 30.3 Å². The molecular formula is C15H15F2N. The summed E-state index contributed by atoms with van der Waals surface area (Å²) in [5.41, 5.74) is 8.20. The van der Waals surface area contributed by atoms with Crippen LogP contribution in [0.15, 0.2) is 42.5 Å². The van der Waals surface area contributed by atoms with Gasteiger partial charge in [-0.15, -0.1) is 0 Å². The molecule has 0 spiro atoms. The Morgan fingerprint density at radius 3 is 2.39 bits per heavy atom. The van der Waals surface area contributed by atoms with E-state index in [0.717, 1.165) is 30.0 Å². The van der Waals surface area contributed by atoms with Crippen LogP contribution in [0.5, 0.6) is 0 Å². The smallest absolute Gasteiger partial charge is 0.159 e. The van der Waals surface area contributed by atoms with Crippen molar-refractivity contribution in [1.29, 1.82) is 0 Å². The Kier molecular flexibility index (Phi) is 4.05. The minimum Gasteiger partial charge on any atom is -0.330 e. The zero-order valence-corrected chi connectivity index (χ0v) is 10.00. The molecule has 0 amide bonds. The van der Waals surface area contributed by atoms with E-state index in [0.29, 0.717) is 12.1 Å². The van der Waals surface area contributed by atoms with Crippen LogP contribution < -0.4 is 5.73 Å². The lowest BCUT2D eigenvalue weighted by molar-refractivity contribution is 0.509. The van der Waals surface area contributed by atoms with Gasteiger partial charge in [-0.3, -0.25) is 0 Å². The first-order valence-corrected chi connectivity index (χ1v) is 5.95. The van der Waals surface area contributed by atoms with E-state index < -0.39 is 11.6 Å². The van der Waals surface area contributed by atoms with E-state index in [4.69, 9.17) is 5.73 Å². The van der Waals surface area contributed by atoms with Gasteiger partial charge in [-0.05, 0) is 48.2 Å². The molecule has 1 nitrogen and oxygen atoms in total. The molecule has 2 rings (SSSR count). The van der Waals surface area contributed by atoms with Crippen LogP contribution in [0.3, 0.4) is 0 Å². The Morgan fingerprint density at radius 1 is 0.889 bits per heavy atom. The number of halogens is 2. The summed E-state index contributed by atoms with van der Waals surface area (Å²) in [6, 6.07) is 11.8. The highest BCUT2D eigenvalue weighted by Crippen LogP contribution is 2.22. The van der Waals surface area contributed by atoms with Gasteiger partial charge in [0, 0.05) is 0 Å². The Balaban J connectivity index is 2.29. The number of aryl methyl sites for hydroxylation is 1. The van der Waals surface area contributed by atoms with Crippen molar-refractivity contribution < 1.29 is 8.78 Å². The van der Waals surface area contributed by atoms with Crippen molar-refractivity contribution in [2.24, 2.45) is 5.73 Å². The maximum Gasteiger partial charge on any atom is 0.159 e. The lowest BCUT2D eigenvalue weighted by Crippen LogP contribution is -2.00. The van der Waals surface area contributed by atoms with E-state index >= 15 is 0 Å². The zero-order chi connectivity index (χ0) is 13.0. The lowest BCUT2D eigenvalue weighted by atomic mass is 10.0. The molecular weight excluding hydrogens is 232 g/mol. The standard InChI is InChI=1S/C15H15F2N/c16-14-7-6-13(10-15(14)17)12-5-1-3-11(9-12)4-2-8-18/h1,3,5-7,9-10H,2,4,8,18H2. The van der Waals surface area contributed by atoms with Gasteiger partial charge in [0.15, 0.2) is 11.6 Å². The van der Waals surface area contributed by atoms with Crippen molar-refractivity contribution in [2.45, 2.75) is 12.8 Å². The average molecular weight is 247 g/mol. The molecule has 0 aromatic heterocycles. The minimum absolute atomic E-state index is 0.648. The molecule has 2 aromatic rings. The average Bonchev–Trinajstić information content (AvgIpc) is 2.40. The maximum atomic E-state index is 13.2. The molecule has 2 aromatic carbocycles. The third-order valence-corrected chi connectivity index (χ3v) is 2.85.